The summed E-state index contributed by atoms with van der Waals surface area (Å²) in [5, 5.41) is 0. The lowest BCUT2D eigenvalue weighted by molar-refractivity contribution is 0.234. The van der Waals surface area contributed by atoms with Crippen molar-refractivity contribution in [3.63, 3.8) is 0 Å². The summed E-state index contributed by atoms with van der Waals surface area (Å²) in [5.41, 5.74) is 9.00. The van der Waals surface area contributed by atoms with Crippen molar-refractivity contribution in [2.75, 3.05) is 19.6 Å². The molecule has 1 heterocycles. The van der Waals surface area contributed by atoms with Crippen LogP contribution in [0.5, 0.6) is 0 Å². The average molecular weight is 196 g/mol. The van der Waals surface area contributed by atoms with Gasteiger partial charge in [-0.2, -0.15) is 0 Å². The quantitative estimate of drug-likeness (QED) is 0.700. The van der Waals surface area contributed by atoms with E-state index in [1.807, 2.05) is 0 Å². The maximum Gasteiger partial charge on any atom is 0.0192 e. The Hall–Kier alpha value is -0.340. The van der Waals surface area contributed by atoms with Crippen LogP contribution < -0.4 is 5.73 Å². The van der Waals surface area contributed by atoms with E-state index in [2.05, 4.69) is 32.6 Å². The maximum atomic E-state index is 5.88. The molecule has 0 amide bonds. The van der Waals surface area contributed by atoms with E-state index in [9.17, 15) is 0 Å². The van der Waals surface area contributed by atoms with Crippen LogP contribution in [0, 0.1) is 5.92 Å². The smallest absolute Gasteiger partial charge is 0.0192 e. The van der Waals surface area contributed by atoms with Gasteiger partial charge in [-0.05, 0) is 33.1 Å². The molecule has 0 radical (unpaired) electrons. The predicted molar refractivity (Wildman–Crippen MR) is 62.2 cm³/mol. The highest BCUT2D eigenvalue weighted by atomic mass is 15.1. The molecule has 0 bridgehead atoms. The summed E-state index contributed by atoms with van der Waals surface area (Å²) < 4.78 is 0. The summed E-state index contributed by atoms with van der Waals surface area (Å²) in [7, 11) is 0. The number of hydrogen-bond acceptors (Lipinski definition) is 2. The van der Waals surface area contributed by atoms with Crippen LogP contribution in [-0.4, -0.2) is 30.6 Å². The van der Waals surface area contributed by atoms with Gasteiger partial charge >= 0.3 is 0 Å². The van der Waals surface area contributed by atoms with Crippen LogP contribution in [0.4, 0.5) is 0 Å². The average Bonchev–Trinajstić information content (AvgIpc) is 2.11. The van der Waals surface area contributed by atoms with E-state index in [4.69, 9.17) is 5.73 Å². The van der Waals surface area contributed by atoms with Crippen molar-refractivity contribution in [2.45, 2.75) is 40.2 Å². The second-order valence-corrected chi connectivity index (χ2v) is 4.88. The first-order valence-corrected chi connectivity index (χ1v) is 5.64. The van der Waals surface area contributed by atoms with Crippen molar-refractivity contribution < 1.29 is 0 Å². The summed E-state index contributed by atoms with van der Waals surface area (Å²) in [6.07, 6.45) is 1.23. The first-order chi connectivity index (χ1) is 6.50. The van der Waals surface area contributed by atoms with Gasteiger partial charge < -0.3 is 5.73 Å². The lowest BCUT2D eigenvalue weighted by Gasteiger charge is -2.31. The molecule has 2 unspecified atom stereocenters. The first-order valence-electron chi connectivity index (χ1n) is 5.64. The van der Waals surface area contributed by atoms with Crippen molar-refractivity contribution in [1.29, 1.82) is 0 Å². The minimum Gasteiger partial charge on any atom is -0.328 e. The Morgan fingerprint density at radius 2 is 1.93 bits per heavy atom. The largest absolute Gasteiger partial charge is 0.328 e. The molecule has 82 valence electrons. The van der Waals surface area contributed by atoms with Crippen LogP contribution in [0.2, 0.25) is 0 Å². The van der Waals surface area contributed by atoms with E-state index in [0.29, 0.717) is 12.0 Å². The van der Waals surface area contributed by atoms with Gasteiger partial charge in [0.2, 0.25) is 0 Å². The minimum atomic E-state index is 0.308. The summed E-state index contributed by atoms with van der Waals surface area (Å²) >= 11 is 0. The van der Waals surface area contributed by atoms with Crippen molar-refractivity contribution in [3.05, 3.63) is 11.1 Å². The molecule has 2 atom stereocenters. The van der Waals surface area contributed by atoms with Gasteiger partial charge in [-0.1, -0.05) is 18.1 Å². The topological polar surface area (TPSA) is 29.3 Å². The molecule has 0 fully saturated rings. The van der Waals surface area contributed by atoms with Gasteiger partial charge in [0.25, 0.3) is 0 Å². The van der Waals surface area contributed by atoms with Gasteiger partial charge in [-0.25, -0.2) is 0 Å². The molecule has 2 N–H and O–H groups in total. The van der Waals surface area contributed by atoms with Gasteiger partial charge in [0, 0.05) is 25.7 Å². The molecule has 0 spiro atoms. The van der Waals surface area contributed by atoms with Crippen LogP contribution in [-0.2, 0) is 0 Å². The molecule has 0 aromatic heterocycles. The van der Waals surface area contributed by atoms with Gasteiger partial charge in [-0.3, -0.25) is 4.90 Å². The summed E-state index contributed by atoms with van der Waals surface area (Å²) in [4.78, 5) is 2.52. The molecule has 1 rings (SSSR count). The third-order valence-corrected chi connectivity index (χ3v) is 3.44. The van der Waals surface area contributed by atoms with Crippen LogP contribution in [0.1, 0.15) is 34.1 Å². The van der Waals surface area contributed by atoms with E-state index < -0.39 is 0 Å². The lowest BCUT2D eigenvalue weighted by atomic mass is 9.99. The number of nitrogens with two attached hydrogens (primary N) is 1. The van der Waals surface area contributed by atoms with Crippen molar-refractivity contribution in [1.82, 2.24) is 4.90 Å². The van der Waals surface area contributed by atoms with Gasteiger partial charge in [0.1, 0.15) is 0 Å². The van der Waals surface area contributed by atoms with Gasteiger partial charge in [-0.15, -0.1) is 0 Å². The SMILES string of the molecule is CC1=C(C)CN(CC(C)C(C)N)CC1. The second-order valence-electron chi connectivity index (χ2n) is 4.88. The fraction of sp³-hybridized carbons (Fsp3) is 0.833. The molecule has 2 nitrogen and oxygen atoms in total. The molecule has 0 aromatic carbocycles. The van der Waals surface area contributed by atoms with Gasteiger partial charge in [0.15, 0.2) is 0 Å². The third kappa shape index (κ3) is 3.10. The summed E-state index contributed by atoms with van der Waals surface area (Å²) in [6.45, 7) is 12.3. The lowest BCUT2D eigenvalue weighted by Crippen LogP contribution is -2.39. The molecular weight excluding hydrogens is 172 g/mol. The van der Waals surface area contributed by atoms with Crippen LogP contribution in [0.3, 0.4) is 0 Å². The van der Waals surface area contributed by atoms with Crippen LogP contribution in [0.15, 0.2) is 11.1 Å². The zero-order chi connectivity index (χ0) is 10.7. The molecule has 1 aliphatic rings. The highest BCUT2D eigenvalue weighted by molar-refractivity contribution is 5.14. The fourth-order valence-electron chi connectivity index (χ4n) is 1.82. The zero-order valence-corrected chi connectivity index (χ0v) is 10.0. The Morgan fingerprint density at radius 1 is 1.29 bits per heavy atom. The third-order valence-electron chi connectivity index (χ3n) is 3.44. The van der Waals surface area contributed by atoms with Crippen molar-refractivity contribution in [3.8, 4) is 0 Å². The molecule has 0 saturated carbocycles. The van der Waals surface area contributed by atoms with Crippen LogP contribution in [0.25, 0.3) is 0 Å². The Kier molecular flexibility index (Phi) is 4.14. The maximum absolute atomic E-state index is 5.88. The zero-order valence-electron chi connectivity index (χ0n) is 10.0. The van der Waals surface area contributed by atoms with E-state index in [-0.39, 0.29) is 0 Å². The van der Waals surface area contributed by atoms with E-state index in [1.54, 1.807) is 11.1 Å². The second kappa shape index (κ2) is 4.94. The van der Waals surface area contributed by atoms with E-state index >= 15 is 0 Å². The van der Waals surface area contributed by atoms with Crippen molar-refractivity contribution in [2.24, 2.45) is 11.7 Å². The Labute approximate surface area is 88.2 Å². The van der Waals surface area contributed by atoms with E-state index in [0.717, 1.165) is 13.1 Å². The molecule has 0 saturated heterocycles. The number of hydrogen-bond donors (Lipinski definition) is 1. The minimum absolute atomic E-state index is 0.308. The summed E-state index contributed by atoms with van der Waals surface area (Å²) in [5.74, 6) is 0.598. The highest BCUT2D eigenvalue weighted by Gasteiger charge is 2.17. The Morgan fingerprint density at radius 3 is 2.43 bits per heavy atom. The molecule has 14 heavy (non-hydrogen) atoms. The van der Waals surface area contributed by atoms with Crippen LogP contribution >= 0.6 is 0 Å². The number of nitrogens with zero attached hydrogens (tertiary/aromatic N) is 1. The van der Waals surface area contributed by atoms with Crippen molar-refractivity contribution >= 4 is 0 Å². The molecule has 0 aliphatic carbocycles. The molecular formula is C12H24N2. The molecule has 1 aliphatic heterocycles. The Bertz CT molecular complexity index is 218. The van der Waals surface area contributed by atoms with Gasteiger partial charge in [0.05, 0.1) is 0 Å². The Balaban J connectivity index is 2.42. The monoisotopic (exact) mass is 196 g/mol. The fourth-order valence-corrected chi connectivity index (χ4v) is 1.82. The normalized spacial score (nSPS) is 23.8. The predicted octanol–water partition coefficient (Wildman–Crippen LogP) is 2.01. The first kappa shape index (κ1) is 11.7. The standard InChI is InChI=1S/C12H24N2/c1-9-5-6-14(7-10(9)2)8-11(3)12(4)13/h11-12H,5-8,13H2,1-4H3. The highest BCUT2D eigenvalue weighted by Crippen LogP contribution is 2.18. The molecule has 2 heteroatoms. The summed E-state index contributed by atoms with van der Waals surface area (Å²) in [6, 6.07) is 0.308. The van der Waals surface area contributed by atoms with E-state index in [1.165, 1.54) is 13.0 Å². The molecule has 0 aromatic rings. The number of rotatable bonds is 3.